The van der Waals surface area contributed by atoms with Gasteiger partial charge in [-0.15, -0.1) is 0 Å². The number of carbonyl (C=O) groups is 1. The molecule has 0 atom stereocenters. The Morgan fingerprint density at radius 3 is 2.44 bits per heavy atom. The van der Waals surface area contributed by atoms with E-state index in [9.17, 15) is 10.1 Å². The number of furan rings is 1. The van der Waals surface area contributed by atoms with Crippen LogP contribution in [0.15, 0.2) is 107 Å². The number of nitrogens with one attached hydrogen (secondary N) is 1. The highest BCUT2D eigenvalue weighted by Gasteiger charge is 2.18. The predicted molar refractivity (Wildman–Crippen MR) is 131 cm³/mol. The van der Waals surface area contributed by atoms with E-state index in [1.807, 2.05) is 97.1 Å². The van der Waals surface area contributed by atoms with Crippen molar-refractivity contribution in [2.45, 2.75) is 6.54 Å². The quantitative estimate of drug-likeness (QED) is 0.277. The summed E-state index contributed by atoms with van der Waals surface area (Å²) in [5.41, 5.74) is 3.68. The van der Waals surface area contributed by atoms with Crippen molar-refractivity contribution in [1.29, 1.82) is 5.26 Å². The first-order valence-corrected chi connectivity index (χ1v) is 10.8. The average Bonchev–Trinajstić information content (AvgIpc) is 3.51. The Labute approximate surface area is 196 Å². The minimum atomic E-state index is -0.450. The van der Waals surface area contributed by atoms with Crippen LogP contribution in [0.5, 0.6) is 0 Å². The maximum absolute atomic E-state index is 12.8. The van der Waals surface area contributed by atoms with Crippen molar-refractivity contribution in [3.05, 3.63) is 114 Å². The molecule has 0 bridgehead atoms. The van der Waals surface area contributed by atoms with Crippen molar-refractivity contribution >= 4 is 23.0 Å². The highest BCUT2D eigenvalue weighted by molar-refractivity contribution is 6.02. The van der Waals surface area contributed by atoms with Gasteiger partial charge in [-0.1, -0.05) is 66.7 Å². The minimum Gasteiger partial charge on any atom is -0.454 e. The van der Waals surface area contributed by atoms with Gasteiger partial charge in [0.05, 0.1) is 5.69 Å². The summed E-state index contributed by atoms with van der Waals surface area (Å²) in [6.07, 6.45) is 3.34. The number of fused-ring (bicyclic) bond motifs is 1. The number of para-hydroxylation sites is 2. The summed E-state index contributed by atoms with van der Waals surface area (Å²) in [6, 6.07) is 30.8. The monoisotopic (exact) mass is 444 g/mol. The smallest absolute Gasteiger partial charge is 0.262 e. The zero-order valence-corrected chi connectivity index (χ0v) is 18.2. The Bertz CT molecular complexity index is 1490. The molecule has 1 N–H and O–H groups in total. The van der Waals surface area contributed by atoms with Gasteiger partial charge in [-0.05, 0) is 35.9 Å². The molecule has 0 fully saturated rings. The molecule has 5 rings (SSSR count). The van der Waals surface area contributed by atoms with Gasteiger partial charge < -0.3 is 9.73 Å². The van der Waals surface area contributed by atoms with Crippen molar-refractivity contribution in [2.24, 2.45) is 0 Å². The molecular weight excluding hydrogens is 424 g/mol. The number of carbonyl (C=O) groups excluding carboxylic acids is 1. The number of benzene rings is 3. The number of rotatable bonds is 6. The van der Waals surface area contributed by atoms with E-state index >= 15 is 0 Å². The second kappa shape index (κ2) is 9.31. The summed E-state index contributed by atoms with van der Waals surface area (Å²) in [6.45, 7) is 0.332. The summed E-state index contributed by atoms with van der Waals surface area (Å²) in [7, 11) is 0. The first kappa shape index (κ1) is 21.0. The van der Waals surface area contributed by atoms with Gasteiger partial charge in [0.2, 0.25) is 0 Å². The van der Waals surface area contributed by atoms with Gasteiger partial charge in [-0.25, -0.2) is 4.68 Å². The zero-order valence-electron chi connectivity index (χ0n) is 18.2. The Balaban J connectivity index is 1.53. The molecule has 164 valence electrons. The van der Waals surface area contributed by atoms with Gasteiger partial charge >= 0.3 is 0 Å². The molecule has 2 heterocycles. The lowest BCUT2D eigenvalue weighted by molar-refractivity contribution is -0.117. The highest BCUT2D eigenvalue weighted by Crippen LogP contribution is 2.31. The minimum absolute atomic E-state index is 0.0131. The van der Waals surface area contributed by atoms with Gasteiger partial charge in [0.15, 0.2) is 5.76 Å². The van der Waals surface area contributed by atoms with Crippen LogP contribution >= 0.6 is 0 Å². The van der Waals surface area contributed by atoms with Gasteiger partial charge in [0.25, 0.3) is 5.91 Å². The maximum Gasteiger partial charge on any atom is 0.262 e. The molecule has 0 saturated carbocycles. The third-order valence-electron chi connectivity index (χ3n) is 5.38. The van der Waals surface area contributed by atoms with Crippen LogP contribution < -0.4 is 5.32 Å². The fraction of sp³-hybridized carbons (Fsp3) is 0.0357. The number of hydrogen-bond donors (Lipinski definition) is 1. The Kier molecular flexibility index (Phi) is 5.74. The summed E-state index contributed by atoms with van der Waals surface area (Å²) >= 11 is 0. The van der Waals surface area contributed by atoms with Gasteiger partial charge in [0, 0.05) is 23.7 Å². The normalized spacial score (nSPS) is 11.3. The van der Waals surface area contributed by atoms with Crippen molar-refractivity contribution in [1.82, 2.24) is 15.1 Å². The lowest BCUT2D eigenvalue weighted by Gasteiger charge is -2.04. The number of aromatic nitrogens is 2. The highest BCUT2D eigenvalue weighted by atomic mass is 16.3. The molecule has 0 radical (unpaired) electrons. The van der Waals surface area contributed by atoms with Crippen LogP contribution in [0.3, 0.4) is 0 Å². The van der Waals surface area contributed by atoms with Crippen LogP contribution in [0, 0.1) is 11.3 Å². The van der Waals surface area contributed by atoms with Crippen molar-refractivity contribution < 1.29 is 9.21 Å². The standard InChI is InChI=1S/C28H20N4O2/c29-17-22(28(33)30-18-20-9-3-1-4-10-20)15-23-19-32(24-12-5-2-6-13-24)31-27(23)26-16-21-11-7-8-14-25(21)34-26/h1-16,19H,18H2,(H,30,33)/b22-15-. The molecule has 0 unspecified atom stereocenters. The largest absolute Gasteiger partial charge is 0.454 e. The summed E-state index contributed by atoms with van der Waals surface area (Å²) in [4.78, 5) is 12.8. The van der Waals surface area contributed by atoms with Crippen LogP contribution in [0.2, 0.25) is 0 Å². The fourth-order valence-electron chi connectivity index (χ4n) is 3.67. The first-order valence-electron chi connectivity index (χ1n) is 10.8. The van der Waals surface area contributed by atoms with E-state index in [0.717, 1.165) is 22.2 Å². The Morgan fingerprint density at radius 1 is 1.00 bits per heavy atom. The van der Waals surface area contributed by atoms with E-state index in [0.29, 0.717) is 23.6 Å². The van der Waals surface area contributed by atoms with Crippen LogP contribution in [-0.4, -0.2) is 15.7 Å². The van der Waals surface area contributed by atoms with E-state index in [1.54, 1.807) is 17.0 Å². The average molecular weight is 444 g/mol. The van der Waals surface area contributed by atoms with Crippen molar-refractivity contribution in [3.8, 4) is 23.2 Å². The number of nitriles is 1. The SMILES string of the molecule is N#C/C(=C/c1cn(-c2ccccc2)nc1-c1cc2ccccc2o1)C(=O)NCc1ccccc1. The van der Waals surface area contributed by atoms with Gasteiger partial charge in [-0.3, -0.25) is 4.79 Å². The lowest BCUT2D eigenvalue weighted by atomic mass is 10.1. The fourth-order valence-corrected chi connectivity index (χ4v) is 3.67. The van der Waals surface area contributed by atoms with Crippen molar-refractivity contribution in [3.63, 3.8) is 0 Å². The molecule has 0 spiro atoms. The third-order valence-corrected chi connectivity index (χ3v) is 5.38. The lowest BCUT2D eigenvalue weighted by Crippen LogP contribution is -2.23. The van der Waals surface area contributed by atoms with Crippen molar-refractivity contribution in [2.75, 3.05) is 0 Å². The molecular formula is C28H20N4O2. The van der Waals surface area contributed by atoms with E-state index in [1.165, 1.54) is 0 Å². The van der Waals surface area contributed by atoms with E-state index < -0.39 is 5.91 Å². The Morgan fingerprint density at radius 2 is 1.71 bits per heavy atom. The molecule has 6 nitrogen and oxygen atoms in total. The second-order valence-corrected chi connectivity index (χ2v) is 7.70. The van der Waals surface area contributed by atoms with Crippen LogP contribution in [0.1, 0.15) is 11.1 Å². The van der Waals surface area contributed by atoms with Crippen LogP contribution in [0.4, 0.5) is 0 Å². The molecule has 3 aromatic carbocycles. The molecule has 34 heavy (non-hydrogen) atoms. The Hall–Kier alpha value is -4.89. The molecule has 0 aliphatic carbocycles. The molecule has 1 amide bonds. The van der Waals surface area contributed by atoms with Crippen LogP contribution in [-0.2, 0) is 11.3 Å². The van der Waals surface area contributed by atoms with Gasteiger partial charge in [0.1, 0.15) is 22.9 Å². The molecule has 5 aromatic rings. The second-order valence-electron chi connectivity index (χ2n) is 7.70. The van der Waals surface area contributed by atoms with E-state index in [-0.39, 0.29) is 5.57 Å². The first-order chi connectivity index (χ1) is 16.7. The van der Waals surface area contributed by atoms with E-state index in [4.69, 9.17) is 9.52 Å². The van der Waals surface area contributed by atoms with Gasteiger partial charge in [-0.2, -0.15) is 10.4 Å². The maximum atomic E-state index is 12.8. The summed E-state index contributed by atoms with van der Waals surface area (Å²) < 4.78 is 7.75. The zero-order chi connectivity index (χ0) is 23.3. The molecule has 0 aliphatic heterocycles. The number of hydrogen-bond acceptors (Lipinski definition) is 4. The molecule has 2 aromatic heterocycles. The predicted octanol–water partition coefficient (Wildman–Crippen LogP) is 5.51. The number of amides is 1. The summed E-state index contributed by atoms with van der Waals surface area (Å²) in [5.74, 6) is 0.110. The molecule has 6 heteroatoms. The molecule has 0 aliphatic rings. The number of nitrogens with zero attached hydrogens (tertiary/aromatic N) is 3. The molecule has 0 saturated heterocycles. The topological polar surface area (TPSA) is 83.8 Å². The third kappa shape index (κ3) is 4.36. The van der Waals surface area contributed by atoms with Crippen LogP contribution in [0.25, 0.3) is 34.2 Å². The van der Waals surface area contributed by atoms with E-state index in [2.05, 4.69) is 5.32 Å². The summed E-state index contributed by atoms with van der Waals surface area (Å²) in [5, 5.41) is 18.2.